The first kappa shape index (κ1) is 16.7. The van der Waals surface area contributed by atoms with Gasteiger partial charge in [0.15, 0.2) is 0 Å². The van der Waals surface area contributed by atoms with Crippen molar-refractivity contribution in [2.24, 2.45) is 0 Å². The van der Waals surface area contributed by atoms with Crippen LogP contribution in [0.15, 0.2) is 12.3 Å². The minimum Gasteiger partial charge on any atom is -0.344 e. The number of nitrogens with zero attached hydrogens (tertiary/aromatic N) is 4. The second-order valence-electron chi connectivity index (χ2n) is 6.07. The first-order valence-corrected chi connectivity index (χ1v) is 8.52. The third-order valence-electron chi connectivity index (χ3n) is 4.41. The van der Waals surface area contributed by atoms with Gasteiger partial charge < -0.3 is 9.80 Å². The molecular weight excluding hydrogens is 276 g/mol. The quantitative estimate of drug-likeness (QED) is 0.810. The Bertz CT molecular complexity index is 491. The van der Waals surface area contributed by atoms with Gasteiger partial charge in [0.1, 0.15) is 5.69 Å². The number of rotatable bonds is 6. The van der Waals surface area contributed by atoms with E-state index < -0.39 is 0 Å². The maximum Gasteiger partial charge on any atom is 0.272 e. The van der Waals surface area contributed by atoms with E-state index in [1.54, 1.807) is 12.3 Å². The van der Waals surface area contributed by atoms with E-state index in [1.165, 1.54) is 6.42 Å². The van der Waals surface area contributed by atoms with Gasteiger partial charge in [-0.2, -0.15) is 0 Å². The molecule has 1 atom stereocenters. The van der Waals surface area contributed by atoms with Gasteiger partial charge in [0.25, 0.3) is 5.91 Å². The van der Waals surface area contributed by atoms with E-state index in [0.717, 1.165) is 45.2 Å². The van der Waals surface area contributed by atoms with Gasteiger partial charge in [-0.15, -0.1) is 0 Å². The average Bonchev–Trinajstić information content (AvgIpc) is 2.59. The van der Waals surface area contributed by atoms with Crippen molar-refractivity contribution in [3.05, 3.63) is 18.0 Å². The Morgan fingerprint density at radius 1 is 1.41 bits per heavy atom. The fourth-order valence-corrected chi connectivity index (χ4v) is 2.99. The minimum absolute atomic E-state index is 0.0547. The van der Waals surface area contributed by atoms with Crippen molar-refractivity contribution < 1.29 is 4.79 Å². The molecule has 0 N–H and O–H groups in total. The molecule has 1 amide bonds. The Labute approximate surface area is 133 Å². The third kappa shape index (κ3) is 3.96. The van der Waals surface area contributed by atoms with Crippen LogP contribution in [0.3, 0.4) is 0 Å². The molecular formula is C17H28N4O. The molecule has 1 saturated heterocycles. The van der Waals surface area contributed by atoms with Crippen LogP contribution in [0, 0.1) is 0 Å². The smallest absolute Gasteiger partial charge is 0.272 e. The zero-order chi connectivity index (χ0) is 15.9. The van der Waals surface area contributed by atoms with Crippen molar-refractivity contribution in [1.82, 2.24) is 14.9 Å². The second-order valence-corrected chi connectivity index (χ2v) is 6.07. The highest BCUT2D eigenvalue weighted by molar-refractivity contribution is 5.92. The number of anilines is 1. The number of hydrogen-bond acceptors (Lipinski definition) is 4. The maximum atomic E-state index is 12.8. The van der Waals surface area contributed by atoms with E-state index >= 15 is 0 Å². The Kier molecular flexibility index (Phi) is 6.16. The molecule has 1 aromatic rings. The van der Waals surface area contributed by atoms with Crippen LogP contribution in [0.1, 0.15) is 62.9 Å². The minimum atomic E-state index is 0.0547. The highest BCUT2D eigenvalue weighted by Crippen LogP contribution is 2.21. The molecule has 1 aliphatic heterocycles. The normalized spacial score (nSPS) is 18.3. The zero-order valence-electron chi connectivity index (χ0n) is 14.1. The van der Waals surface area contributed by atoms with E-state index in [2.05, 4.69) is 23.8 Å². The van der Waals surface area contributed by atoms with E-state index in [-0.39, 0.29) is 5.91 Å². The van der Waals surface area contributed by atoms with Crippen LogP contribution < -0.4 is 4.90 Å². The maximum absolute atomic E-state index is 12.8. The fraction of sp³-hybridized carbons (Fsp3) is 0.706. The number of carbonyl (C=O) groups is 1. The molecule has 0 radical (unpaired) electrons. The lowest BCUT2D eigenvalue weighted by atomic mass is 9.99. The lowest BCUT2D eigenvalue weighted by Crippen LogP contribution is -2.43. The highest BCUT2D eigenvalue weighted by Gasteiger charge is 2.27. The molecule has 0 bridgehead atoms. The van der Waals surface area contributed by atoms with Crippen LogP contribution in [0.2, 0.25) is 0 Å². The molecule has 2 rings (SSSR count). The first-order chi connectivity index (χ1) is 10.7. The predicted octanol–water partition coefficient (Wildman–Crippen LogP) is 3.12. The van der Waals surface area contributed by atoms with Crippen molar-refractivity contribution in [3.8, 4) is 0 Å². The molecule has 22 heavy (non-hydrogen) atoms. The van der Waals surface area contributed by atoms with Gasteiger partial charge in [-0.1, -0.05) is 20.3 Å². The van der Waals surface area contributed by atoms with Crippen molar-refractivity contribution in [2.75, 3.05) is 25.0 Å². The summed E-state index contributed by atoms with van der Waals surface area (Å²) in [6.45, 7) is 6.08. The molecule has 0 aliphatic carbocycles. The molecule has 0 spiro atoms. The van der Waals surface area contributed by atoms with Crippen molar-refractivity contribution >= 4 is 11.9 Å². The molecule has 0 saturated carbocycles. The largest absolute Gasteiger partial charge is 0.344 e. The highest BCUT2D eigenvalue weighted by atomic mass is 16.2. The van der Waals surface area contributed by atoms with Crippen LogP contribution in [0.4, 0.5) is 5.95 Å². The van der Waals surface area contributed by atoms with Gasteiger partial charge in [-0.3, -0.25) is 4.79 Å². The van der Waals surface area contributed by atoms with Gasteiger partial charge in [-0.05, 0) is 38.2 Å². The van der Waals surface area contributed by atoms with Crippen LogP contribution in [0.25, 0.3) is 0 Å². The Hall–Kier alpha value is -1.65. The topological polar surface area (TPSA) is 49.3 Å². The van der Waals surface area contributed by atoms with Crippen molar-refractivity contribution in [1.29, 1.82) is 0 Å². The molecule has 5 heteroatoms. The molecule has 1 unspecified atom stereocenters. The lowest BCUT2D eigenvalue weighted by molar-refractivity contribution is 0.0602. The van der Waals surface area contributed by atoms with E-state index in [9.17, 15) is 4.79 Å². The second kappa shape index (κ2) is 8.11. The summed E-state index contributed by atoms with van der Waals surface area (Å²) in [7, 11) is 1.98. The van der Waals surface area contributed by atoms with E-state index in [4.69, 9.17) is 0 Å². The molecule has 1 aromatic heterocycles. The fourth-order valence-electron chi connectivity index (χ4n) is 2.99. The average molecular weight is 304 g/mol. The number of likely N-dealkylation sites (tertiary alicyclic amines) is 1. The summed E-state index contributed by atoms with van der Waals surface area (Å²) in [6, 6.07) is 2.10. The van der Waals surface area contributed by atoms with Crippen LogP contribution in [-0.2, 0) is 0 Å². The number of hydrogen-bond donors (Lipinski definition) is 0. The summed E-state index contributed by atoms with van der Waals surface area (Å²) >= 11 is 0. The number of aromatic nitrogens is 2. The third-order valence-corrected chi connectivity index (χ3v) is 4.41. The van der Waals surface area contributed by atoms with Crippen LogP contribution >= 0.6 is 0 Å². The summed E-state index contributed by atoms with van der Waals surface area (Å²) in [4.78, 5) is 25.6. The van der Waals surface area contributed by atoms with E-state index in [0.29, 0.717) is 17.7 Å². The Balaban J connectivity index is 2.12. The number of amides is 1. The Morgan fingerprint density at radius 3 is 2.95 bits per heavy atom. The predicted molar refractivity (Wildman–Crippen MR) is 89.2 cm³/mol. The van der Waals surface area contributed by atoms with Gasteiger partial charge in [0, 0.05) is 32.4 Å². The number of piperidine rings is 1. The van der Waals surface area contributed by atoms with Gasteiger partial charge in [0.2, 0.25) is 5.95 Å². The molecule has 5 nitrogen and oxygen atoms in total. The lowest BCUT2D eigenvalue weighted by Gasteiger charge is -2.35. The molecule has 0 aromatic carbocycles. The monoisotopic (exact) mass is 304 g/mol. The van der Waals surface area contributed by atoms with Crippen molar-refractivity contribution in [2.45, 2.75) is 58.4 Å². The van der Waals surface area contributed by atoms with E-state index in [1.807, 2.05) is 16.8 Å². The molecule has 1 aliphatic rings. The van der Waals surface area contributed by atoms with Crippen LogP contribution in [0.5, 0.6) is 0 Å². The van der Waals surface area contributed by atoms with Gasteiger partial charge in [0.05, 0.1) is 0 Å². The molecule has 2 heterocycles. The Morgan fingerprint density at radius 2 is 2.23 bits per heavy atom. The summed E-state index contributed by atoms with van der Waals surface area (Å²) in [5.74, 6) is 0.698. The summed E-state index contributed by atoms with van der Waals surface area (Å²) < 4.78 is 0. The number of unbranched alkanes of at least 4 members (excludes halogenated alkanes) is 1. The number of carbonyl (C=O) groups excluding carboxylic acids is 1. The van der Waals surface area contributed by atoms with Gasteiger partial charge in [-0.25, -0.2) is 9.97 Å². The summed E-state index contributed by atoms with van der Waals surface area (Å²) in [6.07, 6.45) is 8.37. The summed E-state index contributed by atoms with van der Waals surface area (Å²) in [5.41, 5.74) is 0.522. The van der Waals surface area contributed by atoms with Gasteiger partial charge >= 0.3 is 0 Å². The summed E-state index contributed by atoms with van der Waals surface area (Å²) in [5, 5.41) is 0. The first-order valence-electron chi connectivity index (χ1n) is 8.52. The standard InChI is InChI=1S/C17H28N4O/c1-4-6-12-20(3)17-18-11-10-15(19-17)16(22)21-13-8-7-9-14(21)5-2/h10-11,14H,4-9,12-13H2,1-3H3. The molecule has 122 valence electrons. The molecule has 1 fully saturated rings. The van der Waals surface area contributed by atoms with Crippen molar-refractivity contribution in [3.63, 3.8) is 0 Å². The SMILES string of the molecule is CCCCN(C)c1nccc(C(=O)N2CCCCC2CC)n1. The van der Waals surface area contributed by atoms with Crippen LogP contribution in [-0.4, -0.2) is 47.0 Å². The zero-order valence-corrected chi connectivity index (χ0v) is 14.1.